The van der Waals surface area contributed by atoms with Gasteiger partial charge in [-0.3, -0.25) is 19.4 Å². The lowest BCUT2D eigenvalue weighted by Gasteiger charge is -2.06. The van der Waals surface area contributed by atoms with Crippen LogP contribution >= 0.6 is 0 Å². The smallest absolute Gasteiger partial charge is 0.427 e. The molecule has 0 aliphatic rings. The average Bonchev–Trinajstić information content (AvgIpc) is 3.18. The van der Waals surface area contributed by atoms with E-state index in [4.69, 9.17) is 9.26 Å². The second-order valence-electron chi connectivity index (χ2n) is 5.81. The number of benzene rings is 2. The van der Waals surface area contributed by atoms with Crippen molar-refractivity contribution in [2.75, 3.05) is 7.11 Å². The molecule has 0 unspecified atom stereocenters. The molecule has 3 aromatic rings. The van der Waals surface area contributed by atoms with Crippen molar-refractivity contribution in [2.45, 2.75) is 6.54 Å². The summed E-state index contributed by atoms with van der Waals surface area (Å²) in [6.45, 7) is 0.0814. The fourth-order valence-corrected chi connectivity index (χ4v) is 2.60. The number of amides is 1. The average molecular weight is 398 g/mol. The maximum absolute atomic E-state index is 12.7. The molecular weight excluding hydrogens is 384 g/mol. The van der Waals surface area contributed by atoms with Crippen molar-refractivity contribution < 1.29 is 23.9 Å². The molecule has 0 saturated heterocycles. The number of hydrogen-bond donors (Lipinski definition) is 1. The quantitative estimate of drug-likeness (QED) is 0.471. The van der Waals surface area contributed by atoms with E-state index in [2.05, 4.69) is 10.5 Å². The van der Waals surface area contributed by atoms with Crippen LogP contribution in [0.1, 0.15) is 15.9 Å². The molecule has 11 nitrogen and oxygen atoms in total. The third-order valence-electron chi connectivity index (χ3n) is 4.00. The van der Waals surface area contributed by atoms with Gasteiger partial charge in [0.15, 0.2) is 10.7 Å². The monoisotopic (exact) mass is 398 g/mol. The Labute approximate surface area is 163 Å². The maximum atomic E-state index is 12.7. The summed E-state index contributed by atoms with van der Waals surface area (Å²) in [6, 6.07) is 12.0. The Morgan fingerprint density at radius 3 is 2.48 bits per heavy atom. The Morgan fingerprint density at radius 1 is 1.14 bits per heavy atom. The van der Waals surface area contributed by atoms with Crippen molar-refractivity contribution in [3.8, 4) is 17.1 Å². The number of nitrogens with one attached hydrogen (secondary N) is 1. The summed E-state index contributed by atoms with van der Waals surface area (Å²) < 4.78 is 10.1. The van der Waals surface area contributed by atoms with Gasteiger partial charge in [-0.15, -0.1) is 0 Å². The summed E-state index contributed by atoms with van der Waals surface area (Å²) in [7, 11) is 1.51. The number of hydrogen-bond acceptors (Lipinski definition) is 8. The zero-order valence-electron chi connectivity index (χ0n) is 15.0. The van der Waals surface area contributed by atoms with Crippen LogP contribution in [-0.2, 0) is 6.54 Å². The number of ether oxygens (including phenoxy) is 1. The van der Waals surface area contributed by atoms with Crippen LogP contribution in [0, 0.1) is 20.2 Å². The van der Waals surface area contributed by atoms with E-state index in [1.165, 1.54) is 31.4 Å². The molecular formula is C18H14N4O7. The number of aromatic nitrogens is 1. The minimum atomic E-state index is -0.834. The van der Waals surface area contributed by atoms with Crippen LogP contribution in [-0.4, -0.2) is 28.0 Å². The molecule has 0 aliphatic heterocycles. The van der Waals surface area contributed by atoms with Gasteiger partial charge < -0.3 is 20.2 Å². The molecule has 0 atom stereocenters. The topological polar surface area (TPSA) is 151 Å². The molecule has 0 saturated carbocycles. The molecule has 11 heteroatoms. The van der Waals surface area contributed by atoms with Crippen LogP contribution in [0.15, 0.2) is 53.1 Å². The number of nitro benzene ring substituents is 1. The van der Waals surface area contributed by atoms with E-state index < -0.39 is 21.6 Å². The van der Waals surface area contributed by atoms with Gasteiger partial charge in [-0.2, -0.15) is 0 Å². The largest absolute Gasteiger partial charge is 0.497 e. The molecule has 1 aromatic heterocycles. The van der Waals surface area contributed by atoms with E-state index in [1.54, 1.807) is 24.3 Å². The normalized spacial score (nSPS) is 10.4. The second kappa shape index (κ2) is 8.17. The van der Waals surface area contributed by atoms with Gasteiger partial charge in [0.2, 0.25) is 5.76 Å². The molecule has 0 aliphatic carbocycles. The first-order valence-electron chi connectivity index (χ1n) is 8.20. The molecule has 1 heterocycles. The highest BCUT2D eigenvalue weighted by molar-refractivity contribution is 6.02. The molecule has 0 fully saturated rings. The fraction of sp³-hybridized carbons (Fsp3) is 0.111. The lowest BCUT2D eigenvalue weighted by molar-refractivity contribution is -0.391. The van der Waals surface area contributed by atoms with Crippen LogP contribution in [0.4, 0.5) is 11.5 Å². The van der Waals surface area contributed by atoms with Gasteiger partial charge in [-0.25, -0.2) is 0 Å². The SMILES string of the molecule is COc1cccc(CNC(=O)c2c([N+](=O)[O-])noc2-c2ccc([N+](=O)[O-])cc2)c1. The van der Waals surface area contributed by atoms with Crippen molar-refractivity contribution in [3.63, 3.8) is 0 Å². The summed E-state index contributed by atoms with van der Waals surface area (Å²) in [5.74, 6) is -1.08. The van der Waals surface area contributed by atoms with Crippen LogP contribution in [0.5, 0.6) is 5.75 Å². The summed E-state index contributed by atoms with van der Waals surface area (Å²) in [5.41, 5.74) is 0.412. The van der Waals surface area contributed by atoms with E-state index in [0.717, 1.165) is 0 Å². The molecule has 29 heavy (non-hydrogen) atoms. The number of nitrogens with zero attached hydrogens (tertiary/aromatic N) is 3. The lowest BCUT2D eigenvalue weighted by Crippen LogP contribution is -2.23. The van der Waals surface area contributed by atoms with Gasteiger partial charge in [-0.05, 0) is 34.8 Å². The Bertz CT molecular complexity index is 1080. The predicted octanol–water partition coefficient (Wildman–Crippen LogP) is 3.10. The summed E-state index contributed by atoms with van der Waals surface area (Å²) in [5, 5.41) is 28.0. The van der Waals surface area contributed by atoms with Gasteiger partial charge in [0.1, 0.15) is 5.75 Å². The third-order valence-corrected chi connectivity index (χ3v) is 4.00. The Balaban J connectivity index is 1.90. The number of rotatable bonds is 7. The molecule has 0 radical (unpaired) electrons. The van der Waals surface area contributed by atoms with Crippen LogP contribution in [0.3, 0.4) is 0 Å². The number of methoxy groups -OCH3 is 1. The standard InChI is InChI=1S/C18H14N4O7/c1-28-14-4-2-3-11(9-14)10-19-18(23)15-16(29-20-17(15)22(26)27)12-5-7-13(8-6-12)21(24)25/h2-9H,10H2,1H3,(H,19,23). The van der Waals surface area contributed by atoms with Crippen molar-refractivity contribution in [1.82, 2.24) is 10.5 Å². The van der Waals surface area contributed by atoms with Crippen molar-refractivity contribution >= 4 is 17.4 Å². The van der Waals surface area contributed by atoms with Gasteiger partial charge in [0.25, 0.3) is 11.6 Å². The Hall–Kier alpha value is -4.28. The molecule has 2 aromatic carbocycles. The zero-order chi connectivity index (χ0) is 21.0. The first kappa shape index (κ1) is 19.5. The number of non-ortho nitro benzene ring substituents is 1. The predicted molar refractivity (Wildman–Crippen MR) is 99.4 cm³/mol. The van der Waals surface area contributed by atoms with Crippen LogP contribution < -0.4 is 10.1 Å². The Morgan fingerprint density at radius 2 is 1.86 bits per heavy atom. The second-order valence-corrected chi connectivity index (χ2v) is 5.81. The number of carbonyl (C=O) groups is 1. The highest BCUT2D eigenvalue weighted by Gasteiger charge is 2.33. The summed E-state index contributed by atoms with van der Waals surface area (Å²) >= 11 is 0. The molecule has 1 N–H and O–H groups in total. The van der Waals surface area contributed by atoms with E-state index >= 15 is 0 Å². The van der Waals surface area contributed by atoms with Crippen molar-refractivity contribution in [2.24, 2.45) is 0 Å². The molecule has 1 amide bonds. The summed E-state index contributed by atoms with van der Waals surface area (Å²) in [4.78, 5) is 33.3. The van der Waals surface area contributed by atoms with Gasteiger partial charge >= 0.3 is 5.82 Å². The maximum Gasteiger partial charge on any atom is 0.427 e. The minimum Gasteiger partial charge on any atom is -0.497 e. The van der Waals surface area contributed by atoms with Gasteiger partial charge in [-0.1, -0.05) is 12.1 Å². The minimum absolute atomic E-state index is 0.0814. The molecule has 0 spiro atoms. The third kappa shape index (κ3) is 4.18. The van der Waals surface area contributed by atoms with E-state index in [-0.39, 0.29) is 29.1 Å². The molecule has 3 rings (SSSR count). The zero-order valence-corrected chi connectivity index (χ0v) is 15.0. The molecule has 0 bridgehead atoms. The van der Waals surface area contributed by atoms with E-state index in [9.17, 15) is 25.0 Å². The van der Waals surface area contributed by atoms with Gasteiger partial charge in [0, 0.05) is 24.2 Å². The Kier molecular flexibility index (Phi) is 5.49. The fourth-order valence-electron chi connectivity index (χ4n) is 2.60. The first-order valence-corrected chi connectivity index (χ1v) is 8.20. The highest BCUT2D eigenvalue weighted by atomic mass is 16.6. The summed E-state index contributed by atoms with van der Waals surface area (Å²) in [6.07, 6.45) is 0. The van der Waals surface area contributed by atoms with Gasteiger partial charge in [0.05, 0.1) is 12.0 Å². The number of nitro groups is 2. The van der Waals surface area contributed by atoms with E-state index in [1.807, 2.05) is 0 Å². The van der Waals surface area contributed by atoms with Crippen LogP contribution in [0.25, 0.3) is 11.3 Å². The van der Waals surface area contributed by atoms with Crippen molar-refractivity contribution in [1.29, 1.82) is 0 Å². The lowest BCUT2D eigenvalue weighted by atomic mass is 10.1. The van der Waals surface area contributed by atoms with Crippen LogP contribution in [0.2, 0.25) is 0 Å². The highest BCUT2D eigenvalue weighted by Crippen LogP contribution is 2.31. The first-order chi connectivity index (χ1) is 13.9. The van der Waals surface area contributed by atoms with E-state index in [0.29, 0.717) is 11.3 Å². The molecule has 148 valence electrons. The van der Waals surface area contributed by atoms with Crippen molar-refractivity contribution in [3.05, 3.63) is 79.9 Å². The number of carbonyl (C=O) groups excluding carboxylic acids is 1.